The monoisotopic (exact) mass is 311 g/mol. The molecule has 10 heteroatoms. The van der Waals surface area contributed by atoms with E-state index in [2.05, 4.69) is 14.9 Å². The number of rotatable bonds is 6. The van der Waals surface area contributed by atoms with Crippen LogP contribution in [0.2, 0.25) is 0 Å². The first kappa shape index (κ1) is 14.7. The molecule has 0 amide bonds. The van der Waals surface area contributed by atoms with Crippen molar-refractivity contribution in [2.75, 3.05) is 12.3 Å². The topological polar surface area (TPSA) is 74.2 Å². The molecule has 2 heterocycles. The van der Waals surface area contributed by atoms with Crippen molar-refractivity contribution < 1.29 is 26.8 Å². The van der Waals surface area contributed by atoms with E-state index in [1.165, 1.54) is 11.3 Å². The van der Waals surface area contributed by atoms with Crippen LogP contribution in [0.4, 0.5) is 22.6 Å². The van der Waals surface area contributed by atoms with Gasteiger partial charge in [-0.3, -0.25) is 0 Å². The number of hydrogen-bond acceptors (Lipinski definition) is 6. The van der Waals surface area contributed by atoms with Gasteiger partial charge in [0.25, 0.3) is 5.89 Å². The summed E-state index contributed by atoms with van der Waals surface area (Å²) >= 11 is 1.27. The van der Waals surface area contributed by atoms with Crippen LogP contribution in [-0.2, 0) is 11.3 Å². The highest BCUT2D eigenvalue weighted by Gasteiger charge is 2.41. The van der Waals surface area contributed by atoms with Gasteiger partial charge in [0.1, 0.15) is 13.2 Å². The second-order valence-electron chi connectivity index (χ2n) is 3.77. The molecule has 2 N–H and O–H groups in total. The lowest BCUT2D eigenvalue weighted by Crippen LogP contribution is -2.32. The number of nitrogens with zero attached hydrogens (tertiary/aromatic N) is 2. The van der Waals surface area contributed by atoms with E-state index in [9.17, 15) is 17.6 Å². The zero-order valence-corrected chi connectivity index (χ0v) is 10.7. The first-order chi connectivity index (χ1) is 9.40. The van der Waals surface area contributed by atoms with Crippen LogP contribution in [-0.4, -0.2) is 29.1 Å². The van der Waals surface area contributed by atoms with E-state index in [0.717, 1.165) is 0 Å². The minimum absolute atomic E-state index is 0.0318. The number of nitrogen functional groups attached to an aromatic ring is 1. The molecule has 0 aliphatic heterocycles. The maximum Gasteiger partial charge on any atom is 0.330 e. The third-order valence-corrected chi connectivity index (χ3v) is 2.98. The maximum absolute atomic E-state index is 12.6. The highest BCUT2D eigenvalue weighted by Crippen LogP contribution is 2.29. The van der Waals surface area contributed by atoms with E-state index in [4.69, 9.17) is 10.3 Å². The van der Waals surface area contributed by atoms with E-state index in [1.807, 2.05) is 0 Å². The van der Waals surface area contributed by atoms with Crippen molar-refractivity contribution in [2.45, 2.75) is 19.0 Å². The number of halogens is 4. The summed E-state index contributed by atoms with van der Waals surface area (Å²) in [7, 11) is 0. The second-order valence-corrected chi connectivity index (χ2v) is 4.72. The lowest BCUT2D eigenvalue weighted by molar-refractivity contribution is -0.168. The Kier molecular flexibility index (Phi) is 4.23. The molecule has 20 heavy (non-hydrogen) atoms. The maximum atomic E-state index is 12.6. The molecule has 0 aromatic carbocycles. The molecule has 2 aromatic rings. The van der Waals surface area contributed by atoms with Gasteiger partial charge in [-0.05, 0) is 11.4 Å². The smallest absolute Gasteiger partial charge is 0.330 e. The van der Waals surface area contributed by atoms with Crippen LogP contribution in [0, 0.1) is 0 Å². The molecule has 0 aliphatic carbocycles. The molecule has 0 radical (unpaired) electrons. The Labute approximate surface area is 114 Å². The molecule has 0 aliphatic rings. The summed E-state index contributed by atoms with van der Waals surface area (Å²) in [5.41, 5.74) is 6.17. The molecular weight excluding hydrogens is 302 g/mol. The summed E-state index contributed by atoms with van der Waals surface area (Å²) in [5, 5.41) is 5.66. The van der Waals surface area contributed by atoms with Crippen molar-refractivity contribution in [1.29, 1.82) is 0 Å². The third-order valence-electron chi connectivity index (χ3n) is 2.24. The van der Waals surface area contributed by atoms with Gasteiger partial charge >= 0.3 is 12.3 Å². The minimum Gasteiger partial charge on any atom is -0.390 e. The predicted molar refractivity (Wildman–Crippen MR) is 62.6 cm³/mol. The fourth-order valence-electron chi connectivity index (χ4n) is 1.26. The number of nitrogens with two attached hydrogens (primary N) is 1. The average molecular weight is 311 g/mol. The Morgan fingerprint density at radius 2 is 2.20 bits per heavy atom. The van der Waals surface area contributed by atoms with Gasteiger partial charge in [-0.2, -0.15) is 13.8 Å². The van der Waals surface area contributed by atoms with E-state index >= 15 is 0 Å². The van der Waals surface area contributed by atoms with E-state index in [1.54, 1.807) is 11.4 Å². The fraction of sp³-hybridized carbons (Fsp3) is 0.400. The summed E-state index contributed by atoms with van der Waals surface area (Å²) in [6, 6.07) is 1.66. The standard InChI is InChI=1S/C10H9F4N3O2S/c11-9(12)10(13,14)4-18-3-6-16-8(19-17-6)5-1-2-20-7(5)15/h1-2,9H,3-4,15H2. The molecule has 0 spiro atoms. The molecule has 0 atom stereocenters. The van der Waals surface area contributed by atoms with Gasteiger partial charge in [-0.15, -0.1) is 11.3 Å². The summed E-state index contributed by atoms with van der Waals surface area (Å²) in [5.74, 6) is -4.12. The summed E-state index contributed by atoms with van der Waals surface area (Å²) in [6.45, 7) is -1.88. The first-order valence-corrected chi connectivity index (χ1v) is 6.18. The largest absolute Gasteiger partial charge is 0.390 e. The average Bonchev–Trinajstić information content (AvgIpc) is 2.97. The van der Waals surface area contributed by atoms with Crippen molar-refractivity contribution >= 4 is 16.3 Å². The lowest BCUT2D eigenvalue weighted by atomic mass is 10.3. The Morgan fingerprint density at radius 1 is 1.45 bits per heavy atom. The summed E-state index contributed by atoms with van der Waals surface area (Å²) < 4.78 is 58.2. The number of thiophene rings is 1. The SMILES string of the molecule is Nc1sccc1-c1nc(COCC(F)(F)C(F)F)no1. The zero-order chi connectivity index (χ0) is 14.8. The fourth-order valence-corrected chi connectivity index (χ4v) is 1.89. The highest BCUT2D eigenvalue weighted by atomic mass is 32.1. The highest BCUT2D eigenvalue weighted by molar-refractivity contribution is 7.14. The van der Waals surface area contributed by atoms with Gasteiger partial charge in [0, 0.05) is 0 Å². The molecule has 2 aromatic heterocycles. The van der Waals surface area contributed by atoms with Crippen molar-refractivity contribution in [2.24, 2.45) is 0 Å². The molecular formula is C10H9F4N3O2S. The minimum atomic E-state index is -4.20. The third kappa shape index (κ3) is 3.25. The number of aromatic nitrogens is 2. The molecule has 2 rings (SSSR count). The van der Waals surface area contributed by atoms with Gasteiger partial charge in [0.2, 0.25) is 0 Å². The first-order valence-electron chi connectivity index (χ1n) is 5.30. The normalized spacial score (nSPS) is 12.2. The van der Waals surface area contributed by atoms with E-state index in [0.29, 0.717) is 10.6 Å². The van der Waals surface area contributed by atoms with E-state index < -0.39 is 25.6 Å². The van der Waals surface area contributed by atoms with Gasteiger partial charge < -0.3 is 15.0 Å². The molecule has 5 nitrogen and oxygen atoms in total. The van der Waals surface area contributed by atoms with Crippen molar-refractivity contribution in [1.82, 2.24) is 10.1 Å². The van der Waals surface area contributed by atoms with Crippen LogP contribution in [0.25, 0.3) is 11.5 Å². The van der Waals surface area contributed by atoms with Crippen molar-refractivity contribution in [3.8, 4) is 11.5 Å². The quantitative estimate of drug-likeness (QED) is 0.830. The number of anilines is 1. The Hall–Kier alpha value is -1.68. The molecule has 0 saturated heterocycles. The number of hydrogen-bond donors (Lipinski definition) is 1. The van der Waals surface area contributed by atoms with Gasteiger partial charge in [0.05, 0.1) is 10.6 Å². The van der Waals surface area contributed by atoms with Crippen LogP contribution in [0.1, 0.15) is 5.82 Å². The number of ether oxygens (including phenoxy) is 1. The van der Waals surface area contributed by atoms with Gasteiger partial charge in [0.15, 0.2) is 5.82 Å². The predicted octanol–water partition coefficient (Wildman–Crippen LogP) is 2.80. The molecule has 0 fully saturated rings. The summed E-state index contributed by atoms with van der Waals surface area (Å²) in [4.78, 5) is 3.87. The molecule has 0 saturated carbocycles. The Morgan fingerprint density at radius 3 is 2.80 bits per heavy atom. The molecule has 110 valence electrons. The van der Waals surface area contributed by atoms with Gasteiger partial charge in [-0.25, -0.2) is 8.78 Å². The van der Waals surface area contributed by atoms with Crippen LogP contribution < -0.4 is 5.73 Å². The second kappa shape index (κ2) is 5.75. The lowest BCUT2D eigenvalue weighted by Gasteiger charge is -2.14. The zero-order valence-electron chi connectivity index (χ0n) is 9.85. The van der Waals surface area contributed by atoms with E-state index in [-0.39, 0.29) is 11.7 Å². The van der Waals surface area contributed by atoms with Gasteiger partial charge in [-0.1, -0.05) is 5.16 Å². The van der Waals surface area contributed by atoms with Crippen LogP contribution in [0.3, 0.4) is 0 Å². The van der Waals surface area contributed by atoms with Crippen LogP contribution >= 0.6 is 11.3 Å². The van der Waals surface area contributed by atoms with Crippen molar-refractivity contribution in [3.63, 3.8) is 0 Å². The summed E-state index contributed by atoms with van der Waals surface area (Å²) in [6.07, 6.45) is -3.78. The number of alkyl halides is 4. The molecule has 0 bridgehead atoms. The Balaban J connectivity index is 1.93. The molecule has 0 unspecified atom stereocenters. The van der Waals surface area contributed by atoms with Crippen LogP contribution in [0.15, 0.2) is 16.0 Å². The van der Waals surface area contributed by atoms with Crippen LogP contribution in [0.5, 0.6) is 0 Å². The van der Waals surface area contributed by atoms with Crippen molar-refractivity contribution in [3.05, 3.63) is 17.3 Å². The Bertz CT molecular complexity index is 572.